The number of hydrogen-bond donors (Lipinski definition) is 2. The van der Waals surface area contributed by atoms with E-state index in [0.29, 0.717) is 18.5 Å². The molecule has 0 bridgehead atoms. The van der Waals surface area contributed by atoms with Gasteiger partial charge in [0.05, 0.1) is 11.0 Å². The van der Waals surface area contributed by atoms with Crippen molar-refractivity contribution < 1.29 is 17.9 Å². The zero-order chi connectivity index (χ0) is 18.4. The lowest BCUT2D eigenvalue weighted by Crippen LogP contribution is -2.25. The molecule has 0 aliphatic rings. The Morgan fingerprint density at radius 3 is 2.20 bits per heavy atom. The molecular weight excluding hydrogens is 340 g/mol. The molecule has 0 spiro atoms. The largest absolute Gasteiger partial charge is 0.491 e. The molecule has 0 radical (unpaired) electrons. The third-order valence-electron chi connectivity index (χ3n) is 3.44. The lowest BCUT2D eigenvalue weighted by molar-refractivity contribution is 0.0954. The van der Waals surface area contributed by atoms with Crippen LogP contribution >= 0.6 is 0 Å². The molecule has 0 fully saturated rings. The molecule has 2 aromatic carbocycles. The standard InChI is InChI=1S/C18H22N2O4S/c1-13(2)24-16-7-5-15(6-8-16)18(21)20-12-11-14-3-9-17(10-4-14)25(19,22)23/h3-10,13H,11-12H2,1-2H3,(H,20,21)(H2,19,22,23). The number of rotatable bonds is 7. The van der Waals surface area contributed by atoms with E-state index in [1.165, 1.54) is 12.1 Å². The molecule has 2 aromatic rings. The van der Waals surface area contributed by atoms with Gasteiger partial charge in [-0.1, -0.05) is 12.1 Å². The summed E-state index contributed by atoms with van der Waals surface area (Å²) in [6.07, 6.45) is 0.672. The lowest BCUT2D eigenvalue weighted by atomic mass is 10.1. The fraction of sp³-hybridized carbons (Fsp3) is 0.278. The minimum absolute atomic E-state index is 0.0731. The lowest BCUT2D eigenvalue weighted by Gasteiger charge is -2.10. The van der Waals surface area contributed by atoms with Crippen molar-refractivity contribution >= 4 is 15.9 Å². The van der Waals surface area contributed by atoms with Gasteiger partial charge in [-0.2, -0.15) is 0 Å². The van der Waals surface area contributed by atoms with Crippen LogP contribution in [0, 0.1) is 0 Å². The van der Waals surface area contributed by atoms with E-state index in [-0.39, 0.29) is 16.9 Å². The highest BCUT2D eigenvalue weighted by atomic mass is 32.2. The van der Waals surface area contributed by atoms with Crippen LogP contribution in [-0.4, -0.2) is 27.0 Å². The molecule has 1 amide bonds. The number of carbonyl (C=O) groups is 1. The molecule has 3 N–H and O–H groups in total. The Hall–Kier alpha value is -2.38. The van der Waals surface area contributed by atoms with Crippen molar-refractivity contribution in [3.63, 3.8) is 0 Å². The Balaban J connectivity index is 1.86. The molecule has 7 heteroatoms. The molecule has 0 saturated carbocycles. The Kier molecular flexibility index (Phi) is 6.17. The van der Waals surface area contributed by atoms with Gasteiger partial charge < -0.3 is 10.1 Å². The van der Waals surface area contributed by atoms with Gasteiger partial charge in [-0.3, -0.25) is 4.79 Å². The third-order valence-corrected chi connectivity index (χ3v) is 4.37. The molecule has 6 nitrogen and oxygen atoms in total. The minimum atomic E-state index is -3.68. The Bertz CT molecular complexity index is 813. The molecular formula is C18H22N2O4S. The maximum absolute atomic E-state index is 12.1. The normalized spacial score (nSPS) is 11.4. The monoisotopic (exact) mass is 362 g/mol. The van der Waals surface area contributed by atoms with Gasteiger partial charge in [-0.05, 0) is 62.2 Å². The number of nitrogens with two attached hydrogens (primary N) is 1. The quantitative estimate of drug-likeness (QED) is 0.788. The first-order valence-electron chi connectivity index (χ1n) is 7.92. The van der Waals surface area contributed by atoms with E-state index in [1.807, 2.05) is 13.8 Å². The second kappa shape index (κ2) is 8.13. The molecule has 0 aliphatic heterocycles. The van der Waals surface area contributed by atoms with E-state index in [0.717, 1.165) is 11.3 Å². The highest BCUT2D eigenvalue weighted by Gasteiger charge is 2.08. The topological polar surface area (TPSA) is 98.5 Å². The van der Waals surface area contributed by atoms with E-state index in [1.54, 1.807) is 36.4 Å². The summed E-state index contributed by atoms with van der Waals surface area (Å²) < 4.78 is 27.9. The zero-order valence-corrected chi connectivity index (χ0v) is 15.0. The van der Waals surface area contributed by atoms with Crippen LogP contribution < -0.4 is 15.2 Å². The number of amides is 1. The highest BCUT2D eigenvalue weighted by molar-refractivity contribution is 7.89. The summed E-state index contributed by atoms with van der Waals surface area (Å²) in [7, 11) is -3.68. The average Bonchev–Trinajstić information content (AvgIpc) is 2.54. The molecule has 0 atom stereocenters. The fourth-order valence-electron chi connectivity index (χ4n) is 2.23. The fourth-order valence-corrected chi connectivity index (χ4v) is 2.74. The Morgan fingerprint density at radius 1 is 1.08 bits per heavy atom. The third kappa shape index (κ3) is 5.88. The van der Waals surface area contributed by atoms with E-state index in [4.69, 9.17) is 9.88 Å². The number of ether oxygens (including phenoxy) is 1. The van der Waals surface area contributed by atoms with Crippen molar-refractivity contribution in [2.45, 2.75) is 31.3 Å². The van der Waals surface area contributed by atoms with Crippen molar-refractivity contribution in [2.24, 2.45) is 5.14 Å². The van der Waals surface area contributed by atoms with Gasteiger partial charge in [0.25, 0.3) is 5.91 Å². The van der Waals surface area contributed by atoms with Gasteiger partial charge in [-0.15, -0.1) is 0 Å². The first-order valence-corrected chi connectivity index (χ1v) is 9.47. The van der Waals surface area contributed by atoms with Crippen molar-refractivity contribution in [1.29, 1.82) is 0 Å². The smallest absolute Gasteiger partial charge is 0.251 e. The average molecular weight is 362 g/mol. The summed E-state index contributed by atoms with van der Waals surface area (Å²) in [5.74, 6) is 0.554. The molecule has 0 aromatic heterocycles. The van der Waals surface area contributed by atoms with Crippen molar-refractivity contribution in [2.75, 3.05) is 6.54 Å². The second-order valence-electron chi connectivity index (χ2n) is 5.89. The van der Waals surface area contributed by atoms with Gasteiger partial charge in [-0.25, -0.2) is 13.6 Å². The SMILES string of the molecule is CC(C)Oc1ccc(C(=O)NCCc2ccc(S(N)(=O)=O)cc2)cc1. The number of hydrogen-bond acceptors (Lipinski definition) is 4. The number of primary sulfonamides is 1. The molecule has 0 aliphatic carbocycles. The zero-order valence-electron chi connectivity index (χ0n) is 14.2. The first kappa shape index (κ1) is 19.0. The van der Waals surface area contributed by atoms with Crippen LogP contribution in [0.2, 0.25) is 0 Å². The molecule has 25 heavy (non-hydrogen) atoms. The summed E-state index contributed by atoms with van der Waals surface area (Å²) in [5, 5.41) is 7.88. The first-order chi connectivity index (χ1) is 11.8. The van der Waals surface area contributed by atoms with E-state index in [2.05, 4.69) is 5.32 Å². The van der Waals surface area contributed by atoms with Gasteiger partial charge in [0.2, 0.25) is 10.0 Å². The maximum Gasteiger partial charge on any atom is 0.251 e. The van der Waals surface area contributed by atoms with Gasteiger partial charge in [0.1, 0.15) is 5.75 Å². The molecule has 2 rings (SSSR count). The van der Waals surface area contributed by atoms with Gasteiger partial charge in [0, 0.05) is 12.1 Å². The maximum atomic E-state index is 12.1. The number of benzene rings is 2. The Labute approximate surface area is 148 Å². The molecule has 134 valence electrons. The van der Waals surface area contributed by atoms with Crippen LogP contribution in [0.5, 0.6) is 5.75 Å². The molecule has 0 heterocycles. The van der Waals surface area contributed by atoms with Gasteiger partial charge >= 0.3 is 0 Å². The van der Waals surface area contributed by atoms with Crippen molar-refractivity contribution in [1.82, 2.24) is 5.32 Å². The van der Waals surface area contributed by atoms with Crippen molar-refractivity contribution in [3.8, 4) is 5.75 Å². The summed E-state index contributed by atoms with van der Waals surface area (Å²) in [4.78, 5) is 12.2. The van der Waals surface area contributed by atoms with E-state index >= 15 is 0 Å². The number of nitrogens with one attached hydrogen (secondary N) is 1. The molecule has 0 unspecified atom stereocenters. The summed E-state index contributed by atoms with van der Waals surface area (Å²) in [6.45, 7) is 4.32. The number of sulfonamides is 1. The van der Waals surface area contributed by atoms with Crippen LogP contribution in [0.25, 0.3) is 0 Å². The van der Waals surface area contributed by atoms with Crippen LogP contribution in [0.15, 0.2) is 53.4 Å². The summed E-state index contributed by atoms with van der Waals surface area (Å²) >= 11 is 0. The Morgan fingerprint density at radius 2 is 1.68 bits per heavy atom. The van der Waals surface area contributed by atoms with Crippen LogP contribution in [0.3, 0.4) is 0 Å². The number of carbonyl (C=O) groups excluding carboxylic acids is 1. The van der Waals surface area contributed by atoms with Gasteiger partial charge in [0.15, 0.2) is 0 Å². The van der Waals surface area contributed by atoms with E-state index < -0.39 is 10.0 Å². The summed E-state index contributed by atoms with van der Waals surface area (Å²) in [6, 6.07) is 13.2. The predicted octanol–water partition coefficient (Wildman–Crippen LogP) is 2.09. The summed E-state index contributed by atoms with van der Waals surface area (Å²) in [5.41, 5.74) is 1.47. The van der Waals surface area contributed by atoms with Crippen LogP contribution in [0.4, 0.5) is 0 Å². The van der Waals surface area contributed by atoms with E-state index in [9.17, 15) is 13.2 Å². The van der Waals surface area contributed by atoms with Crippen LogP contribution in [-0.2, 0) is 16.4 Å². The molecule has 0 saturated heterocycles. The van der Waals surface area contributed by atoms with Crippen LogP contribution in [0.1, 0.15) is 29.8 Å². The minimum Gasteiger partial charge on any atom is -0.491 e. The highest BCUT2D eigenvalue weighted by Crippen LogP contribution is 2.14. The van der Waals surface area contributed by atoms with Crippen molar-refractivity contribution in [3.05, 3.63) is 59.7 Å². The predicted molar refractivity (Wildman–Crippen MR) is 96.1 cm³/mol. The second-order valence-corrected chi connectivity index (χ2v) is 7.45.